The predicted octanol–water partition coefficient (Wildman–Crippen LogP) is 4.17. The van der Waals surface area contributed by atoms with Crippen molar-refractivity contribution in [3.05, 3.63) is 84.6 Å². The van der Waals surface area contributed by atoms with Gasteiger partial charge in [0.1, 0.15) is 0 Å². The molecule has 1 nitrogen and oxygen atoms in total. The first-order chi connectivity index (χ1) is 10.8. The molecule has 0 aliphatic heterocycles. The van der Waals surface area contributed by atoms with E-state index < -0.39 is 7.92 Å². The standard InChI is InChI=1S/C18H16NP.C2H6/c1-15-12-13-19-18(14-15)20(16-8-4-2-5-9-16)17-10-6-3-7-11-17;1-2/h2-14H,1H3;1-2H3. The van der Waals surface area contributed by atoms with Gasteiger partial charge in [-0.25, -0.2) is 0 Å². The molecule has 0 spiro atoms. The largest absolute Gasteiger partial charge is 0.256 e. The highest BCUT2D eigenvalue weighted by molar-refractivity contribution is 7.79. The van der Waals surface area contributed by atoms with Crippen LogP contribution in [-0.2, 0) is 0 Å². The smallest absolute Gasteiger partial charge is 0.0723 e. The van der Waals surface area contributed by atoms with E-state index in [1.807, 2.05) is 26.1 Å². The van der Waals surface area contributed by atoms with Gasteiger partial charge in [-0.05, 0) is 35.2 Å². The van der Waals surface area contributed by atoms with Crippen LogP contribution < -0.4 is 16.0 Å². The minimum absolute atomic E-state index is 0.573. The monoisotopic (exact) mass is 307 g/mol. The summed E-state index contributed by atoms with van der Waals surface area (Å²) in [4.78, 5) is 4.62. The Morgan fingerprint density at radius 1 is 0.727 bits per heavy atom. The van der Waals surface area contributed by atoms with Gasteiger partial charge in [0.15, 0.2) is 0 Å². The molecule has 0 bridgehead atoms. The van der Waals surface area contributed by atoms with E-state index in [0.717, 1.165) is 5.44 Å². The quantitative estimate of drug-likeness (QED) is 0.662. The summed E-state index contributed by atoms with van der Waals surface area (Å²) in [5.74, 6) is 0. The molecule has 112 valence electrons. The van der Waals surface area contributed by atoms with Crippen LogP contribution in [-0.4, -0.2) is 4.98 Å². The summed E-state index contributed by atoms with van der Waals surface area (Å²) in [5.41, 5.74) is 2.42. The first-order valence-corrected chi connectivity index (χ1v) is 9.01. The van der Waals surface area contributed by atoms with Crippen LogP contribution in [0.1, 0.15) is 19.4 Å². The Morgan fingerprint density at radius 2 is 1.23 bits per heavy atom. The molecule has 0 fully saturated rings. The molecule has 2 aromatic carbocycles. The van der Waals surface area contributed by atoms with Gasteiger partial charge in [0.25, 0.3) is 0 Å². The van der Waals surface area contributed by atoms with Crippen molar-refractivity contribution < 1.29 is 0 Å². The van der Waals surface area contributed by atoms with Crippen LogP contribution in [0, 0.1) is 6.92 Å². The Morgan fingerprint density at radius 3 is 1.68 bits per heavy atom. The molecule has 0 unspecified atom stereocenters. The summed E-state index contributed by atoms with van der Waals surface area (Å²) >= 11 is 0. The fourth-order valence-corrected chi connectivity index (χ4v) is 4.49. The number of aryl methyl sites for hydroxylation is 1. The highest BCUT2D eigenvalue weighted by atomic mass is 31.1. The Kier molecular flexibility index (Phi) is 6.30. The molecule has 2 heteroatoms. The Bertz CT molecular complexity index is 641. The summed E-state index contributed by atoms with van der Waals surface area (Å²) in [6.45, 7) is 6.12. The molecule has 0 atom stereocenters. The molecule has 0 amide bonds. The van der Waals surface area contributed by atoms with Crippen molar-refractivity contribution in [1.82, 2.24) is 4.98 Å². The molecule has 0 aliphatic rings. The van der Waals surface area contributed by atoms with Crippen LogP contribution in [0.4, 0.5) is 0 Å². The van der Waals surface area contributed by atoms with Crippen LogP contribution >= 0.6 is 7.92 Å². The fraction of sp³-hybridized carbons (Fsp3) is 0.150. The second-order valence-electron chi connectivity index (χ2n) is 4.70. The van der Waals surface area contributed by atoms with E-state index in [1.54, 1.807) is 0 Å². The maximum absolute atomic E-state index is 4.62. The van der Waals surface area contributed by atoms with Gasteiger partial charge in [-0.2, -0.15) is 0 Å². The molecule has 22 heavy (non-hydrogen) atoms. The third-order valence-corrected chi connectivity index (χ3v) is 5.49. The molecule has 3 aromatic rings. The van der Waals surface area contributed by atoms with Crippen LogP contribution in [0.3, 0.4) is 0 Å². The maximum Gasteiger partial charge on any atom is 0.0723 e. The van der Waals surface area contributed by atoms with Crippen molar-refractivity contribution in [3.63, 3.8) is 0 Å². The third kappa shape index (κ3) is 4.02. The molecule has 1 heterocycles. The van der Waals surface area contributed by atoms with E-state index in [0.29, 0.717) is 0 Å². The number of benzene rings is 2. The van der Waals surface area contributed by atoms with Gasteiger partial charge in [-0.1, -0.05) is 74.5 Å². The van der Waals surface area contributed by atoms with Crippen molar-refractivity contribution in [2.45, 2.75) is 20.8 Å². The molecule has 0 radical (unpaired) electrons. The van der Waals surface area contributed by atoms with Gasteiger partial charge in [0, 0.05) is 14.1 Å². The van der Waals surface area contributed by atoms with E-state index in [1.165, 1.54) is 16.2 Å². The number of nitrogens with zero attached hydrogens (tertiary/aromatic N) is 1. The summed E-state index contributed by atoms with van der Waals surface area (Å²) in [6.07, 6.45) is 1.91. The molecule has 0 aliphatic carbocycles. The highest BCUT2D eigenvalue weighted by Crippen LogP contribution is 2.31. The normalized spacial score (nSPS) is 10.0. The topological polar surface area (TPSA) is 12.9 Å². The average molecular weight is 307 g/mol. The SMILES string of the molecule is CC.Cc1ccnc(P(c2ccccc2)c2ccccc2)c1. The van der Waals surface area contributed by atoms with Gasteiger partial charge in [0.05, 0.1) is 5.44 Å². The van der Waals surface area contributed by atoms with E-state index >= 15 is 0 Å². The second kappa shape index (κ2) is 8.46. The number of pyridine rings is 1. The van der Waals surface area contributed by atoms with E-state index in [9.17, 15) is 0 Å². The van der Waals surface area contributed by atoms with Gasteiger partial charge in [-0.3, -0.25) is 4.98 Å². The predicted molar refractivity (Wildman–Crippen MR) is 99.0 cm³/mol. The zero-order valence-corrected chi connectivity index (χ0v) is 14.3. The number of aromatic nitrogens is 1. The van der Waals surface area contributed by atoms with Gasteiger partial charge < -0.3 is 0 Å². The molecule has 3 rings (SSSR count). The van der Waals surface area contributed by atoms with Gasteiger partial charge in [-0.15, -0.1) is 0 Å². The average Bonchev–Trinajstić information content (AvgIpc) is 2.59. The summed E-state index contributed by atoms with van der Waals surface area (Å²) in [6, 6.07) is 25.6. The Hall–Kier alpha value is -1.98. The van der Waals surface area contributed by atoms with E-state index in [-0.39, 0.29) is 0 Å². The van der Waals surface area contributed by atoms with Gasteiger partial charge in [0.2, 0.25) is 0 Å². The lowest BCUT2D eigenvalue weighted by atomic mass is 10.3. The van der Waals surface area contributed by atoms with E-state index in [2.05, 4.69) is 78.6 Å². The second-order valence-corrected chi connectivity index (χ2v) is 6.86. The summed E-state index contributed by atoms with van der Waals surface area (Å²) in [7, 11) is -0.573. The highest BCUT2D eigenvalue weighted by Gasteiger charge is 2.17. The van der Waals surface area contributed by atoms with Crippen molar-refractivity contribution in [1.29, 1.82) is 0 Å². The zero-order chi connectivity index (χ0) is 15.8. The molecular weight excluding hydrogens is 285 g/mol. The molecule has 0 saturated heterocycles. The Balaban J connectivity index is 0.000000847. The van der Waals surface area contributed by atoms with Crippen LogP contribution in [0.15, 0.2) is 79.0 Å². The third-order valence-electron chi connectivity index (χ3n) is 3.16. The number of hydrogen-bond donors (Lipinski definition) is 0. The van der Waals surface area contributed by atoms with Crippen LogP contribution in [0.5, 0.6) is 0 Å². The van der Waals surface area contributed by atoms with Crippen LogP contribution in [0.2, 0.25) is 0 Å². The van der Waals surface area contributed by atoms with Crippen molar-refractivity contribution in [2.75, 3.05) is 0 Å². The van der Waals surface area contributed by atoms with Crippen molar-refractivity contribution in [2.24, 2.45) is 0 Å². The lowest BCUT2D eigenvalue weighted by molar-refractivity contribution is 1.34. The molecule has 0 saturated carbocycles. The van der Waals surface area contributed by atoms with Crippen LogP contribution in [0.25, 0.3) is 0 Å². The first kappa shape index (κ1) is 16.4. The first-order valence-electron chi connectivity index (χ1n) is 7.67. The number of hydrogen-bond acceptors (Lipinski definition) is 1. The molecule has 0 N–H and O–H groups in total. The fourth-order valence-electron chi connectivity index (χ4n) is 2.21. The maximum atomic E-state index is 4.62. The van der Waals surface area contributed by atoms with Crippen molar-refractivity contribution in [3.8, 4) is 0 Å². The number of rotatable bonds is 3. The summed E-state index contributed by atoms with van der Waals surface area (Å²) in [5, 5.41) is 2.68. The van der Waals surface area contributed by atoms with E-state index in [4.69, 9.17) is 0 Å². The summed E-state index contributed by atoms with van der Waals surface area (Å²) < 4.78 is 0. The minimum Gasteiger partial charge on any atom is -0.256 e. The van der Waals surface area contributed by atoms with Gasteiger partial charge >= 0.3 is 0 Å². The molecular formula is C20H22NP. The molecule has 1 aromatic heterocycles. The lowest BCUT2D eigenvalue weighted by Gasteiger charge is -2.18. The van der Waals surface area contributed by atoms with Crippen molar-refractivity contribution >= 4 is 24.0 Å². The Labute approximate surface area is 134 Å². The lowest BCUT2D eigenvalue weighted by Crippen LogP contribution is -2.22. The zero-order valence-electron chi connectivity index (χ0n) is 13.4. The minimum atomic E-state index is -0.573.